The lowest BCUT2D eigenvalue weighted by molar-refractivity contribution is -0.140. The number of halogens is 5. The number of rotatable bonds is 6. The van der Waals surface area contributed by atoms with E-state index >= 15 is 0 Å². The zero-order valence-electron chi connectivity index (χ0n) is 23.1. The molecule has 1 fully saturated rings. The van der Waals surface area contributed by atoms with E-state index in [4.69, 9.17) is 43.2 Å². The van der Waals surface area contributed by atoms with E-state index in [-0.39, 0.29) is 69.2 Å². The van der Waals surface area contributed by atoms with Crippen molar-refractivity contribution >= 4 is 50.2 Å². The highest BCUT2D eigenvalue weighted by molar-refractivity contribution is 7.86. The maximum absolute atomic E-state index is 13.9. The van der Waals surface area contributed by atoms with Crippen molar-refractivity contribution in [1.82, 2.24) is 19.2 Å². The van der Waals surface area contributed by atoms with E-state index in [1.807, 2.05) is 0 Å². The van der Waals surface area contributed by atoms with Gasteiger partial charge in [0.1, 0.15) is 17.0 Å². The van der Waals surface area contributed by atoms with Crippen molar-refractivity contribution in [2.45, 2.75) is 25.2 Å². The average molecular weight is 674 g/mol. The second-order valence-corrected chi connectivity index (χ2v) is 12.3. The Kier molecular flexibility index (Phi) is 8.56. The number of benzene rings is 2. The molecule has 44 heavy (non-hydrogen) atoms. The fraction of sp³-hybridized carbons (Fsp3) is 0.296. The first-order valence-corrected chi connectivity index (χ1v) is 15.2. The smallest absolute Gasteiger partial charge is 0.433 e. The molecule has 0 spiro atoms. The zero-order valence-corrected chi connectivity index (χ0v) is 25.4. The molecule has 0 bridgehead atoms. The van der Waals surface area contributed by atoms with Crippen molar-refractivity contribution in [2.75, 3.05) is 26.7 Å². The lowest BCUT2D eigenvalue weighted by Crippen LogP contribution is -2.54. The Labute approximate surface area is 259 Å². The molecule has 1 saturated heterocycles. The second-order valence-electron chi connectivity index (χ2n) is 10.0. The fourth-order valence-corrected chi connectivity index (χ4v) is 6.19. The molecule has 4 N–H and O–H groups in total. The van der Waals surface area contributed by atoms with Crippen LogP contribution in [0.15, 0.2) is 46.9 Å². The highest BCUT2D eigenvalue weighted by Crippen LogP contribution is 2.38. The standard InChI is InChI=1S/C27H25Cl2F3N6O5S/c1-13(33)24-23(26(39)37-9-10-38(44(34,40)41)19(12-37)14-3-6-17(28)18(29)11-14)36-25(43-24)16-4-7-20(42-2)22-15(16)5-8-21(35-22)27(30,31)32/h3-8,11,13,19H,9-10,12,33H2,1-2H3,(H2,34,40,41)/t13?,19-/m0/s1. The van der Waals surface area contributed by atoms with Crippen molar-refractivity contribution in [1.29, 1.82) is 0 Å². The summed E-state index contributed by atoms with van der Waals surface area (Å²) < 4.78 is 77.3. The monoisotopic (exact) mass is 672 g/mol. The van der Waals surface area contributed by atoms with E-state index in [0.29, 0.717) is 5.56 Å². The van der Waals surface area contributed by atoms with E-state index < -0.39 is 40.1 Å². The minimum atomic E-state index is -4.69. The molecule has 0 saturated carbocycles. The van der Waals surface area contributed by atoms with Crippen LogP contribution in [0.3, 0.4) is 0 Å². The van der Waals surface area contributed by atoms with Crippen LogP contribution >= 0.6 is 23.2 Å². The molecule has 3 heterocycles. The number of hydrogen-bond donors (Lipinski definition) is 2. The van der Waals surface area contributed by atoms with E-state index in [9.17, 15) is 26.4 Å². The molecule has 0 radical (unpaired) electrons. The van der Waals surface area contributed by atoms with Gasteiger partial charge in [-0.1, -0.05) is 29.3 Å². The second kappa shape index (κ2) is 11.8. The predicted octanol–water partition coefficient (Wildman–Crippen LogP) is 4.95. The van der Waals surface area contributed by atoms with Crippen LogP contribution in [-0.2, 0) is 16.4 Å². The SMILES string of the molecule is COc1ccc(-c2nc(C(=O)N3CCN(S(N)(=O)=O)[C@H](c4ccc(Cl)c(Cl)c4)C3)c(C(C)N)o2)c2ccc(C(F)(F)F)nc12. The molecular formula is C27H25Cl2F3N6O5S. The quantitative estimate of drug-likeness (QED) is 0.291. The number of methoxy groups -OCH3 is 1. The molecular weight excluding hydrogens is 648 g/mol. The predicted molar refractivity (Wildman–Crippen MR) is 156 cm³/mol. The van der Waals surface area contributed by atoms with Crippen molar-refractivity contribution < 1.29 is 35.5 Å². The molecule has 1 aliphatic heterocycles. The first kappa shape index (κ1) is 31.9. The molecule has 0 aliphatic carbocycles. The summed E-state index contributed by atoms with van der Waals surface area (Å²) >= 11 is 12.2. The van der Waals surface area contributed by atoms with Crippen molar-refractivity contribution in [3.63, 3.8) is 0 Å². The van der Waals surface area contributed by atoms with E-state index in [1.165, 1.54) is 42.3 Å². The Bertz CT molecular complexity index is 1870. The topological polar surface area (TPSA) is 158 Å². The number of piperazine rings is 1. The zero-order chi connectivity index (χ0) is 32.1. The Hall–Kier alpha value is -3.47. The van der Waals surface area contributed by atoms with Gasteiger partial charge in [-0.05, 0) is 48.9 Å². The van der Waals surface area contributed by atoms with Crippen molar-refractivity contribution in [3.05, 3.63) is 75.2 Å². The third-order valence-electron chi connectivity index (χ3n) is 7.10. The molecule has 1 aliphatic rings. The molecule has 17 heteroatoms. The van der Waals surface area contributed by atoms with Gasteiger partial charge >= 0.3 is 6.18 Å². The Balaban J connectivity index is 1.55. The summed E-state index contributed by atoms with van der Waals surface area (Å²) in [5.41, 5.74) is 5.49. The van der Waals surface area contributed by atoms with Crippen LogP contribution in [0.5, 0.6) is 5.75 Å². The number of nitrogens with two attached hydrogens (primary N) is 2. The van der Waals surface area contributed by atoms with Crippen LogP contribution in [0.25, 0.3) is 22.4 Å². The maximum Gasteiger partial charge on any atom is 0.433 e. The van der Waals surface area contributed by atoms with Gasteiger partial charge in [-0.2, -0.15) is 25.9 Å². The normalized spacial score (nSPS) is 17.2. The van der Waals surface area contributed by atoms with Gasteiger partial charge in [0.15, 0.2) is 11.5 Å². The average Bonchev–Trinajstić information content (AvgIpc) is 3.42. The first-order chi connectivity index (χ1) is 20.6. The number of carbonyl (C=O) groups excluding carboxylic acids is 1. The number of oxazole rings is 1. The molecule has 1 amide bonds. The van der Waals surface area contributed by atoms with Gasteiger partial charge in [0, 0.05) is 30.6 Å². The number of amides is 1. The molecule has 2 aromatic heterocycles. The van der Waals surface area contributed by atoms with E-state index in [2.05, 4.69) is 9.97 Å². The number of alkyl halides is 3. The van der Waals surface area contributed by atoms with Crippen molar-refractivity contribution in [2.24, 2.45) is 10.9 Å². The Morgan fingerprint density at radius 3 is 2.45 bits per heavy atom. The number of aromatic nitrogens is 2. The summed E-state index contributed by atoms with van der Waals surface area (Å²) in [5, 5.41) is 6.16. The van der Waals surface area contributed by atoms with E-state index in [1.54, 1.807) is 13.0 Å². The van der Waals surface area contributed by atoms with Crippen LogP contribution in [0.2, 0.25) is 10.0 Å². The Morgan fingerprint density at radius 2 is 1.84 bits per heavy atom. The third kappa shape index (κ3) is 6.07. The number of ether oxygens (including phenoxy) is 1. The Morgan fingerprint density at radius 1 is 1.11 bits per heavy atom. The highest BCUT2D eigenvalue weighted by atomic mass is 35.5. The summed E-state index contributed by atoms with van der Waals surface area (Å²) in [6.07, 6.45) is -4.69. The number of hydrogen-bond acceptors (Lipinski definition) is 8. The van der Waals surface area contributed by atoms with Crippen LogP contribution < -0.4 is 15.6 Å². The highest BCUT2D eigenvalue weighted by Gasteiger charge is 2.39. The third-order valence-corrected chi connectivity index (χ3v) is 8.93. The summed E-state index contributed by atoms with van der Waals surface area (Å²) in [6.45, 7) is 1.28. The van der Waals surface area contributed by atoms with Gasteiger partial charge in [0.25, 0.3) is 16.1 Å². The van der Waals surface area contributed by atoms with Gasteiger partial charge in [0.2, 0.25) is 5.89 Å². The van der Waals surface area contributed by atoms with Crippen LogP contribution in [0, 0.1) is 0 Å². The van der Waals surface area contributed by atoms with Gasteiger partial charge in [0.05, 0.1) is 29.2 Å². The summed E-state index contributed by atoms with van der Waals surface area (Å²) in [5.74, 6) is -0.583. The molecule has 4 aromatic rings. The minimum Gasteiger partial charge on any atom is -0.494 e. The number of carbonyl (C=O) groups is 1. The number of nitrogens with zero attached hydrogens (tertiary/aromatic N) is 4. The van der Waals surface area contributed by atoms with Crippen molar-refractivity contribution in [3.8, 4) is 17.2 Å². The molecule has 1 unspecified atom stereocenters. The fourth-order valence-electron chi connectivity index (χ4n) is 5.01. The molecule has 2 atom stereocenters. The minimum absolute atomic E-state index is 0.0220. The summed E-state index contributed by atoms with van der Waals surface area (Å²) in [4.78, 5) is 23.4. The largest absolute Gasteiger partial charge is 0.494 e. The van der Waals surface area contributed by atoms with Gasteiger partial charge in [-0.3, -0.25) is 4.79 Å². The lowest BCUT2D eigenvalue weighted by atomic mass is 10.0. The number of fused-ring (bicyclic) bond motifs is 1. The van der Waals surface area contributed by atoms with Crippen LogP contribution in [0.1, 0.15) is 46.5 Å². The van der Waals surface area contributed by atoms with Crippen LogP contribution in [-0.4, -0.2) is 60.2 Å². The maximum atomic E-state index is 13.9. The molecule has 11 nitrogen and oxygen atoms in total. The van der Waals surface area contributed by atoms with Gasteiger partial charge in [-0.15, -0.1) is 0 Å². The molecule has 234 valence electrons. The van der Waals surface area contributed by atoms with Gasteiger partial charge in [-0.25, -0.2) is 15.1 Å². The van der Waals surface area contributed by atoms with Gasteiger partial charge < -0.3 is 19.8 Å². The summed E-state index contributed by atoms with van der Waals surface area (Å²) in [7, 11) is -2.87. The van der Waals surface area contributed by atoms with E-state index in [0.717, 1.165) is 10.4 Å². The molecule has 5 rings (SSSR count). The number of pyridine rings is 1. The summed E-state index contributed by atoms with van der Waals surface area (Å²) in [6, 6.07) is 7.84. The first-order valence-electron chi connectivity index (χ1n) is 13.0. The molecule has 2 aromatic carbocycles. The lowest BCUT2D eigenvalue weighted by Gasteiger charge is -2.39. The van der Waals surface area contributed by atoms with Crippen LogP contribution in [0.4, 0.5) is 13.2 Å².